The summed E-state index contributed by atoms with van der Waals surface area (Å²) >= 11 is 0. The molecule has 2 aromatic heterocycles. The highest BCUT2D eigenvalue weighted by molar-refractivity contribution is 5.77. The normalized spacial score (nSPS) is 20.2. The Morgan fingerprint density at radius 2 is 2.07 bits per heavy atom. The zero-order chi connectivity index (χ0) is 19.1. The molecule has 7 nitrogen and oxygen atoms in total. The van der Waals surface area contributed by atoms with E-state index in [2.05, 4.69) is 9.88 Å². The Morgan fingerprint density at radius 1 is 1.21 bits per heavy atom. The van der Waals surface area contributed by atoms with Gasteiger partial charge in [-0.15, -0.1) is 0 Å². The summed E-state index contributed by atoms with van der Waals surface area (Å²) in [7, 11) is 0. The van der Waals surface area contributed by atoms with Crippen molar-refractivity contribution in [1.29, 1.82) is 0 Å². The average molecular weight is 380 g/mol. The molecular formula is C21H24N4O3. The summed E-state index contributed by atoms with van der Waals surface area (Å²) in [4.78, 5) is 24.6. The number of fused-ring (bicyclic) bond motifs is 1. The zero-order valence-electron chi connectivity index (χ0n) is 15.8. The number of para-hydroxylation sites is 1. The smallest absolute Gasteiger partial charge is 0.261 e. The molecule has 1 aliphatic carbocycles. The minimum absolute atomic E-state index is 0.0140. The lowest BCUT2D eigenvalue weighted by Crippen LogP contribution is -2.33. The van der Waals surface area contributed by atoms with E-state index >= 15 is 0 Å². The van der Waals surface area contributed by atoms with Crippen molar-refractivity contribution in [2.24, 2.45) is 0 Å². The van der Waals surface area contributed by atoms with E-state index < -0.39 is 0 Å². The van der Waals surface area contributed by atoms with Gasteiger partial charge in [-0.2, -0.15) is 0 Å². The number of hydrogen-bond donors (Lipinski definition) is 1. The quantitative estimate of drug-likeness (QED) is 0.708. The molecule has 0 radical (unpaired) electrons. The molecule has 5 rings (SSSR count). The van der Waals surface area contributed by atoms with Crippen LogP contribution in [0.2, 0.25) is 0 Å². The average Bonchev–Trinajstić information content (AvgIpc) is 3.28. The summed E-state index contributed by atoms with van der Waals surface area (Å²) in [5.74, 6) is 2.99. The molecule has 0 spiro atoms. The second-order valence-electron chi connectivity index (χ2n) is 7.73. The van der Waals surface area contributed by atoms with E-state index in [1.165, 1.54) is 12.8 Å². The standard InChI is InChI=1S/C21H24N4O3/c26-11-10-25-20(23-16-5-2-1-4-15(16)21(25)27)17-6-3-9-24(17)13-19-22-12-18(28-19)14-7-8-14/h1-2,4-5,12,14,17,26H,3,6-11,13H2. The van der Waals surface area contributed by atoms with E-state index in [9.17, 15) is 9.90 Å². The number of hydrogen-bond acceptors (Lipinski definition) is 6. The first-order chi connectivity index (χ1) is 13.7. The first-order valence-electron chi connectivity index (χ1n) is 10.0. The van der Waals surface area contributed by atoms with E-state index in [4.69, 9.17) is 9.40 Å². The van der Waals surface area contributed by atoms with Crippen LogP contribution in [0.1, 0.15) is 55.1 Å². The third-order valence-corrected chi connectivity index (χ3v) is 5.77. The van der Waals surface area contributed by atoms with E-state index in [1.54, 1.807) is 10.6 Å². The molecule has 1 atom stereocenters. The SMILES string of the molecule is O=c1c2ccccc2nc(C2CCCN2Cc2ncc(C3CC3)o2)n1CCO. The molecule has 146 valence electrons. The predicted molar refractivity (Wildman–Crippen MR) is 104 cm³/mol. The Balaban J connectivity index is 1.50. The van der Waals surface area contributed by atoms with Gasteiger partial charge in [0.2, 0.25) is 5.89 Å². The van der Waals surface area contributed by atoms with Gasteiger partial charge in [0.25, 0.3) is 5.56 Å². The van der Waals surface area contributed by atoms with Crippen molar-refractivity contribution < 1.29 is 9.52 Å². The van der Waals surface area contributed by atoms with Gasteiger partial charge in [-0.1, -0.05) is 12.1 Å². The number of aromatic nitrogens is 3. The molecule has 1 aliphatic heterocycles. The van der Waals surface area contributed by atoms with Crippen LogP contribution < -0.4 is 5.56 Å². The maximum atomic E-state index is 13.0. The van der Waals surface area contributed by atoms with Crippen LogP contribution in [0.3, 0.4) is 0 Å². The highest BCUT2D eigenvalue weighted by Gasteiger charge is 2.32. The van der Waals surface area contributed by atoms with Crippen molar-refractivity contribution >= 4 is 10.9 Å². The second-order valence-corrected chi connectivity index (χ2v) is 7.73. The number of aliphatic hydroxyl groups is 1. The Kier molecular flexibility index (Phi) is 4.49. The molecule has 1 saturated heterocycles. The van der Waals surface area contributed by atoms with Gasteiger partial charge in [0, 0.05) is 5.92 Å². The van der Waals surface area contributed by atoms with Crippen LogP contribution in [0, 0.1) is 0 Å². The molecule has 2 aliphatic rings. The fourth-order valence-corrected chi connectivity index (χ4v) is 4.19. The molecule has 28 heavy (non-hydrogen) atoms. The summed E-state index contributed by atoms with van der Waals surface area (Å²) in [6, 6.07) is 7.42. The highest BCUT2D eigenvalue weighted by atomic mass is 16.4. The lowest BCUT2D eigenvalue weighted by Gasteiger charge is -2.25. The van der Waals surface area contributed by atoms with Gasteiger partial charge in [0.15, 0.2) is 0 Å². The van der Waals surface area contributed by atoms with Gasteiger partial charge < -0.3 is 9.52 Å². The number of likely N-dealkylation sites (tertiary alicyclic amines) is 1. The minimum atomic E-state index is -0.0931. The molecule has 0 amide bonds. The van der Waals surface area contributed by atoms with Crippen LogP contribution in [0.25, 0.3) is 10.9 Å². The molecule has 0 bridgehead atoms. The van der Waals surface area contributed by atoms with E-state index in [0.29, 0.717) is 23.4 Å². The molecule has 1 saturated carbocycles. The molecule has 3 heterocycles. The van der Waals surface area contributed by atoms with Crippen molar-refractivity contribution in [1.82, 2.24) is 19.4 Å². The maximum Gasteiger partial charge on any atom is 0.261 e. The van der Waals surface area contributed by atoms with Crippen LogP contribution in [0.5, 0.6) is 0 Å². The monoisotopic (exact) mass is 380 g/mol. The summed E-state index contributed by atoms with van der Waals surface area (Å²) in [6.45, 7) is 1.68. The molecule has 1 unspecified atom stereocenters. The van der Waals surface area contributed by atoms with Gasteiger partial charge in [0.1, 0.15) is 11.6 Å². The fraction of sp³-hybridized carbons (Fsp3) is 0.476. The first kappa shape index (κ1) is 17.6. The van der Waals surface area contributed by atoms with E-state index in [1.807, 2.05) is 24.4 Å². The Labute approximate surface area is 162 Å². The number of benzene rings is 1. The third-order valence-electron chi connectivity index (χ3n) is 5.77. The molecule has 3 aromatic rings. The van der Waals surface area contributed by atoms with Crippen LogP contribution in [0.15, 0.2) is 39.7 Å². The minimum Gasteiger partial charge on any atom is -0.444 e. The van der Waals surface area contributed by atoms with Crippen molar-refractivity contribution in [2.75, 3.05) is 13.2 Å². The van der Waals surface area contributed by atoms with Gasteiger partial charge in [-0.25, -0.2) is 9.97 Å². The van der Waals surface area contributed by atoms with Crippen molar-refractivity contribution in [3.63, 3.8) is 0 Å². The number of rotatable bonds is 6. The van der Waals surface area contributed by atoms with Crippen LogP contribution in [-0.2, 0) is 13.1 Å². The number of nitrogens with zero attached hydrogens (tertiary/aromatic N) is 4. The number of aliphatic hydroxyl groups excluding tert-OH is 1. The Morgan fingerprint density at radius 3 is 2.89 bits per heavy atom. The van der Waals surface area contributed by atoms with Crippen molar-refractivity contribution in [3.8, 4) is 0 Å². The van der Waals surface area contributed by atoms with Gasteiger partial charge in [0.05, 0.1) is 42.8 Å². The summed E-state index contributed by atoms with van der Waals surface area (Å²) in [6.07, 6.45) is 6.19. The van der Waals surface area contributed by atoms with Crippen LogP contribution >= 0.6 is 0 Å². The summed E-state index contributed by atoms with van der Waals surface area (Å²) in [5, 5.41) is 10.1. The maximum absolute atomic E-state index is 13.0. The van der Waals surface area contributed by atoms with E-state index in [-0.39, 0.29) is 24.8 Å². The lowest BCUT2D eigenvalue weighted by atomic mass is 10.1. The van der Waals surface area contributed by atoms with E-state index in [0.717, 1.165) is 36.9 Å². The molecule has 1 N–H and O–H groups in total. The topological polar surface area (TPSA) is 84.4 Å². The molecule has 1 aromatic carbocycles. The van der Waals surface area contributed by atoms with Crippen molar-refractivity contribution in [3.05, 3.63) is 58.3 Å². The largest absolute Gasteiger partial charge is 0.444 e. The Bertz CT molecular complexity index is 1050. The lowest BCUT2D eigenvalue weighted by molar-refractivity contribution is 0.204. The molecular weight excluding hydrogens is 356 g/mol. The first-order valence-corrected chi connectivity index (χ1v) is 10.0. The van der Waals surface area contributed by atoms with Crippen molar-refractivity contribution in [2.45, 2.75) is 50.7 Å². The van der Waals surface area contributed by atoms with Crippen LogP contribution in [0.4, 0.5) is 0 Å². The zero-order valence-corrected chi connectivity index (χ0v) is 15.8. The highest BCUT2D eigenvalue weighted by Crippen LogP contribution is 2.40. The summed E-state index contributed by atoms with van der Waals surface area (Å²) < 4.78 is 7.58. The fourth-order valence-electron chi connectivity index (χ4n) is 4.19. The summed E-state index contributed by atoms with van der Waals surface area (Å²) in [5.41, 5.74) is 0.615. The van der Waals surface area contributed by atoms with Gasteiger partial charge in [-0.3, -0.25) is 14.3 Å². The third kappa shape index (κ3) is 3.14. The Hall–Kier alpha value is -2.51. The predicted octanol–water partition coefficient (Wildman–Crippen LogP) is 2.59. The van der Waals surface area contributed by atoms with Gasteiger partial charge in [-0.05, 0) is 44.4 Å². The molecule has 7 heteroatoms. The molecule has 2 fully saturated rings. The second kappa shape index (κ2) is 7.14. The van der Waals surface area contributed by atoms with Gasteiger partial charge >= 0.3 is 0 Å². The van der Waals surface area contributed by atoms with Crippen LogP contribution in [-0.4, -0.2) is 37.7 Å². The number of oxazole rings is 1.